The van der Waals surface area contributed by atoms with E-state index < -0.39 is 0 Å². The first-order valence-electron chi connectivity index (χ1n) is 9.21. The number of anilines is 1. The van der Waals surface area contributed by atoms with Crippen LogP contribution in [0.25, 0.3) is 0 Å². The molecule has 3 rings (SSSR count). The van der Waals surface area contributed by atoms with Crippen LogP contribution in [0.15, 0.2) is 60.3 Å². The molecule has 0 aliphatic carbocycles. The highest BCUT2D eigenvalue weighted by Crippen LogP contribution is 2.28. The molecule has 2 aromatic carbocycles. The van der Waals surface area contributed by atoms with Gasteiger partial charge in [-0.3, -0.25) is 9.36 Å². The summed E-state index contributed by atoms with van der Waals surface area (Å²) in [7, 11) is 0. The summed E-state index contributed by atoms with van der Waals surface area (Å²) < 4.78 is 7.81. The Kier molecular flexibility index (Phi) is 8.26. The van der Waals surface area contributed by atoms with Gasteiger partial charge < -0.3 is 10.1 Å². The molecule has 0 aliphatic rings. The molecular formula is C21H19Cl3N4O2S. The number of halogens is 3. The van der Waals surface area contributed by atoms with E-state index in [2.05, 4.69) is 22.1 Å². The second-order valence-corrected chi connectivity index (χ2v) is 8.64. The minimum absolute atomic E-state index is 0.123. The quantitative estimate of drug-likeness (QED) is 0.278. The first-order chi connectivity index (χ1) is 14.9. The van der Waals surface area contributed by atoms with Crippen LogP contribution in [0.4, 0.5) is 5.69 Å². The lowest BCUT2D eigenvalue weighted by molar-refractivity contribution is -0.113. The average Bonchev–Trinajstić information content (AvgIpc) is 3.12. The molecule has 0 bridgehead atoms. The Morgan fingerprint density at radius 2 is 2.00 bits per heavy atom. The van der Waals surface area contributed by atoms with Crippen molar-refractivity contribution in [2.45, 2.75) is 24.7 Å². The highest BCUT2D eigenvalue weighted by molar-refractivity contribution is 7.99. The van der Waals surface area contributed by atoms with Crippen molar-refractivity contribution in [1.29, 1.82) is 0 Å². The fraction of sp³-hybridized carbons (Fsp3) is 0.190. The summed E-state index contributed by atoms with van der Waals surface area (Å²) in [6.45, 7) is 6.13. The maximum absolute atomic E-state index is 12.4. The van der Waals surface area contributed by atoms with Gasteiger partial charge in [-0.25, -0.2) is 0 Å². The molecule has 1 unspecified atom stereocenters. The lowest BCUT2D eigenvalue weighted by Crippen LogP contribution is -2.15. The van der Waals surface area contributed by atoms with Gasteiger partial charge in [-0.2, -0.15) is 0 Å². The molecule has 1 amide bonds. The summed E-state index contributed by atoms with van der Waals surface area (Å²) in [4.78, 5) is 12.4. The Morgan fingerprint density at radius 3 is 2.71 bits per heavy atom. The van der Waals surface area contributed by atoms with Crippen LogP contribution in [-0.2, 0) is 11.3 Å². The molecule has 0 radical (unpaired) electrons. The van der Waals surface area contributed by atoms with E-state index in [4.69, 9.17) is 39.5 Å². The smallest absolute Gasteiger partial charge is 0.234 e. The normalized spacial score (nSPS) is 11.7. The molecule has 162 valence electrons. The molecule has 31 heavy (non-hydrogen) atoms. The van der Waals surface area contributed by atoms with Crippen LogP contribution >= 0.6 is 46.6 Å². The van der Waals surface area contributed by atoms with E-state index in [1.807, 2.05) is 23.6 Å². The Morgan fingerprint density at radius 1 is 1.23 bits per heavy atom. The summed E-state index contributed by atoms with van der Waals surface area (Å²) in [5.41, 5.74) is 0.494. The average molecular weight is 498 g/mol. The van der Waals surface area contributed by atoms with Crippen LogP contribution < -0.4 is 10.1 Å². The lowest BCUT2D eigenvalue weighted by Gasteiger charge is -2.16. The molecule has 0 spiro atoms. The van der Waals surface area contributed by atoms with Gasteiger partial charge in [0, 0.05) is 16.6 Å². The van der Waals surface area contributed by atoms with Gasteiger partial charge in [0.1, 0.15) is 5.75 Å². The minimum Gasteiger partial charge on any atom is -0.483 e. The Labute approximate surface area is 199 Å². The van der Waals surface area contributed by atoms with Crippen LogP contribution in [0.5, 0.6) is 5.75 Å². The standard InChI is InChI=1S/C21H19Cl3N4O2S/c1-3-9-28-20(13(2)30-16-6-4-5-14(22)10-16)26-27-21(28)31-12-19(29)25-18-8-7-15(23)11-17(18)24/h3-8,10-11,13H,1,9,12H2,2H3,(H,25,29). The van der Waals surface area contributed by atoms with Gasteiger partial charge in [0.2, 0.25) is 5.91 Å². The third-order valence-corrected chi connectivity index (χ3v) is 5.82. The number of nitrogens with one attached hydrogen (secondary N) is 1. The molecule has 1 aromatic heterocycles. The number of amides is 1. The van der Waals surface area contributed by atoms with Crippen molar-refractivity contribution in [3.05, 3.63) is 76.0 Å². The summed E-state index contributed by atoms with van der Waals surface area (Å²) in [5.74, 6) is 1.13. The van der Waals surface area contributed by atoms with Crippen LogP contribution in [0.1, 0.15) is 18.9 Å². The largest absolute Gasteiger partial charge is 0.483 e. The molecule has 6 nitrogen and oxygen atoms in total. The topological polar surface area (TPSA) is 69.0 Å². The number of ether oxygens (including phenoxy) is 1. The van der Waals surface area contributed by atoms with Gasteiger partial charge in [-0.1, -0.05) is 58.7 Å². The zero-order valence-corrected chi connectivity index (χ0v) is 19.6. The van der Waals surface area contributed by atoms with E-state index in [0.717, 1.165) is 0 Å². The molecule has 0 saturated carbocycles. The molecule has 1 N–H and O–H groups in total. The Hall–Kier alpha value is -2.19. The number of rotatable bonds is 9. The number of hydrogen-bond donors (Lipinski definition) is 1. The fourth-order valence-electron chi connectivity index (χ4n) is 2.71. The molecule has 0 fully saturated rings. The Bertz CT molecular complexity index is 1090. The first-order valence-corrected chi connectivity index (χ1v) is 11.3. The number of hydrogen-bond acceptors (Lipinski definition) is 5. The van der Waals surface area contributed by atoms with Gasteiger partial charge in [0.25, 0.3) is 0 Å². The van der Waals surface area contributed by atoms with Crippen LogP contribution in [-0.4, -0.2) is 26.4 Å². The molecule has 3 aromatic rings. The summed E-state index contributed by atoms with van der Waals surface area (Å²) in [6, 6.07) is 12.0. The Balaban J connectivity index is 1.68. The third-order valence-electron chi connectivity index (χ3n) is 4.07. The molecule has 0 aliphatic heterocycles. The number of carbonyl (C=O) groups excluding carboxylic acids is 1. The maximum atomic E-state index is 12.4. The van der Waals surface area contributed by atoms with E-state index >= 15 is 0 Å². The lowest BCUT2D eigenvalue weighted by atomic mass is 10.3. The van der Waals surface area contributed by atoms with E-state index in [1.165, 1.54) is 11.8 Å². The number of allylic oxidation sites excluding steroid dienone is 1. The van der Waals surface area contributed by atoms with Gasteiger partial charge in [-0.15, -0.1) is 16.8 Å². The van der Waals surface area contributed by atoms with E-state index in [0.29, 0.717) is 44.0 Å². The predicted molar refractivity (Wildman–Crippen MR) is 127 cm³/mol. The fourth-order valence-corrected chi connectivity index (χ4v) is 4.10. The summed E-state index contributed by atoms with van der Waals surface area (Å²) in [6.07, 6.45) is 1.35. The zero-order chi connectivity index (χ0) is 22.4. The van der Waals surface area contributed by atoms with Crippen molar-refractivity contribution >= 4 is 58.2 Å². The van der Waals surface area contributed by atoms with E-state index in [1.54, 1.807) is 36.4 Å². The third kappa shape index (κ3) is 6.40. The van der Waals surface area contributed by atoms with Gasteiger partial charge in [0.15, 0.2) is 17.1 Å². The number of nitrogens with zero attached hydrogens (tertiary/aromatic N) is 3. The zero-order valence-electron chi connectivity index (χ0n) is 16.5. The minimum atomic E-state index is -0.387. The van der Waals surface area contributed by atoms with Gasteiger partial charge >= 0.3 is 0 Å². The molecule has 0 saturated heterocycles. The first kappa shape index (κ1) is 23.5. The van der Waals surface area contributed by atoms with E-state index in [-0.39, 0.29) is 17.8 Å². The summed E-state index contributed by atoms with van der Waals surface area (Å²) >= 11 is 19.3. The van der Waals surface area contributed by atoms with Crippen molar-refractivity contribution in [1.82, 2.24) is 14.8 Å². The summed E-state index contributed by atoms with van der Waals surface area (Å²) in [5, 5.41) is 13.3. The predicted octanol–water partition coefficient (Wildman–Crippen LogP) is 6.30. The van der Waals surface area contributed by atoms with Crippen LogP contribution in [0.2, 0.25) is 15.1 Å². The maximum Gasteiger partial charge on any atom is 0.234 e. The number of aromatic nitrogens is 3. The van der Waals surface area contributed by atoms with Crippen molar-refractivity contribution < 1.29 is 9.53 Å². The van der Waals surface area contributed by atoms with Crippen molar-refractivity contribution in [3.63, 3.8) is 0 Å². The number of thioether (sulfide) groups is 1. The monoisotopic (exact) mass is 496 g/mol. The molecule has 1 heterocycles. The van der Waals surface area contributed by atoms with E-state index in [9.17, 15) is 4.79 Å². The van der Waals surface area contributed by atoms with Gasteiger partial charge in [-0.05, 0) is 43.3 Å². The highest BCUT2D eigenvalue weighted by Gasteiger charge is 2.20. The highest BCUT2D eigenvalue weighted by atomic mass is 35.5. The SMILES string of the molecule is C=CCn1c(SCC(=O)Nc2ccc(Cl)cc2Cl)nnc1C(C)Oc1cccc(Cl)c1. The van der Waals surface area contributed by atoms with Crippen molar-refractivity contribution in [2.24, 2.45) is 0 Å². The van der Waals surface area contributed by atoms with Crippen LogP contribution in [0, 0.1) is 0 Å². The molecule has 10 heteroatoms. The number of carbonyl (C=O) groups is 1. The second-order valence-electron chi connectivity index (χ2n) is 6.42. The van der Waals surface area contributed by atoms with Crippen LogP contribution in [0.3, 0.4) is 0 Å². The number of benzene rings is 2. The second kappa shape index (κ2) is 10.9. The molecule has 1 atom stereocenters. The van der Waals surface area contributed by atoms with Gasteiger partial charge in [0.05, 0.1) is 16.5 Å². The molecular weight excluding hydrogens is 479 g/mol. The van der Waals surface area contributed by atoms with Crippen molar-refractivity contribution in [3.8, 4) is 5.75 Å². The van der Waals surface area contributed by atoms with Crippen molar-refractivity contribution in [2.75, 3.05) is 11.1 Å².